The van der Waals surface area contributed by atoms with Crippen LogP contribution < -0.4 is 10.6 Å². The number of nitrogens with two attached hydrogens (primary N) is 1. The first-order valence-electron chi connectivity index (χ1n) is 6.73. The van der Waals surface area contributed by atoms with Crippen LogP contribution in [0.2, 0.25) is 0 Å². The average Bonchev–Trinajstić information content (AvgIpc) is 2.84. The van der Waals surface area contributed by atoms with Crippen molar-refractivity contribution in [2.75, 3.05) is 25.2 Å². The fourth-order valence-electron chi connectivity index (χ4n) is 2.51. The van der Waals surface area contributed by atoms with Crippen LogP contribution in [0.1, 0.15) is 24.5 Å². The highest BCUT2D eigenvalue weighted by Gasteiger charge is 2.20. The molecular formula is C15H24N2O. The van der Waals surface area contributed by atoms with Crippen molar-refractivity contribution in [1.82, 2.24) is 0 Å². The standard InChI is InChI=1S/C15H24N2O/c1-11-8-14(5-4-13(11)9-12(2)16)17(3)15-6-7-18-10-15/h4-5,8,12,15H,6-7,9-10,16H2,1-3H3. The van der Waals surface area contributed by atoms with E-state index in [1.54, 1.807) is 0 Å². The van der Waals surface area contributed by atoms with E-state index in [9.17, 15) is 0 Å². The molecule has 2 rings (SSSR count). The summed E-state index contributed by atoms with van der Waals surface area (Å²) in [4.78, 5) is 2.33. The van der Waals surface area contributed by atoms with E-state index in [1.807, 2.05) is 0 Å². The van der Waals surface area contributed by atoms with Gasteiger partial charge >= 0.3 is 0 Å². The van der Waals surface area contributed by atoms with Gasteiger partial charge < -0.3 is 15.4 Å². The number of rotatable bonds is 4. The summed E-state index contributed by atoms with van der Waals surface area (Å²) in [5.41, 5.74) is 9.82. The summed E-state index contributed by atoms with van der Waals surface area (Å²) in [6, 6.07) is 7.40. The third-order valence-electron chi connectivity index (χ3n) is 3.73. The number of anilines is 1. The Morgan fingerprint density at radius 3 is 2.83 bits per heavy atom. The summed E-state index contributed by atoms with van der Waals surface area (Å²) >= 11 is 0. The van der Waals surface area contributed by atoms with Gasteiger partial charge in [0.1, 0.15) is 0 Å². The van der Waals surface area contributed by atoms with E-state index in [0.29, 0.717) is 6.04 Å². The van der Waals surface area contributed by atoms with Crippen LogP contribution in [-0.2, 0) is 11.2 Å². The molecule has 1 aliphatic heterocycles. The topological polar surface area (TPSA) is 38.5 Å². The molecule has 3 nitrogen and oxygen atoms in total. The minimum atomic E-state index is 0.218. The minimum Gasteiger partial charge on any atom is -0.379 e. The first-order valence-corrected chi connectivity index (χ1v) is 6.73. The molecule has 0 radical (unpaired) electrons. The van der Waals surface area contributed by atoms with Crippen molar-refractivity contribution < 1.29 is 4.74 Å². The van der Waals surface area contributed by atoms with Gasteiger partial charge in [-0.1, -0.05) is 6.07 Å². The van der Waals surface area contributed by atoms with Gasteiger partial charge in [0.25, 0.3) is 0 Å². The fraction of sp³-hybridized carbons (Fsp3) is 0.600. The first-order chi connectivity index (χ1) is 8.58. The molecule has 100 valence electrons. The van der Waals surface area contributed by atoms with E-state index in [0.717, 1.165) is 26.1 Å². The van der Waals surface area contributed by atoms with Gasteiger partial charge in [0.15, 0.2) is 0 Å². The van der Waals surface area contributed by atoms with Gasteiger partial charge in [-0.05, 0) is 49.9 Å². The van der Waals surface area contributed by atoms with Gasteiger partial charge in [0.2, 0.25) is 0 Å². The van der Waals surface area contributed by atoms with Crippen molar-refractivity contribution in [2.24, 2.45) is 5.73 Å². The monoisotopic (exact) mass is 248 g/mol. The summed E-state index contributed by atoms with van der Waals surface area (Å²) in [7, 11) is 2.15. The number of hydrogen-bond donors (Lipinski definition) is 1. The van der Waals surface area contributed by atoms with E-state index in [4.69, 9.17) is 10.5 Å². The Hall–Kier alpha value is -1.06. The fourth-order valence-corrected chi connectivity index (χ4v) is 2.51. The van der Waals surface area contributed by atoms with Crippen LogP contribution in [-0.4, -0.2) is 32.3 Å². The Morgan fingerprint density at radius 1 is 1.50 bits per heavy atom. The Balaban J connectivity index is 2.12. The molecule has 1 aromatic carbocycles. The summed E-state index contributed by atoms with van der Waals surface area (Å²) in [6.07, 6.45) is 2.07. The minimum absolute atomic E-state index is 0.218. The highest BCUT2D eigenvalue weighted by atomic mass is 16.5. The van der Waals surface area contributed by atoms with E-state index in [1.165, 1.54) is 16.8 Å². The van der Waals surface area contributed by atoms with Crippen LogP contribution in [0.25, 0.3) is 0 Å². The molecule has 18 heavy (non-hydrogen) atoms. The van der Waals surface area contributed by atoms with Crippen LogP contribution in [0.3, 0.4) is 0 Å². The van der Waals surface area contributed by atoms with Crippen LogP contribution in [0.4, 0.5) is 5.69 Å². The van der Waals surface area contributed by atoms with Crippen LogP contribution in [0.15, 0.2) is 18.2 Å². The number of nitrogens with zero attached hydrogens (tertiary/aromatic N) is 1. The average molecular weight is 248 g/mol. The molecule has 1 fully saturated rings. The van der Waals surface area contributed by atoms with Gasteiger partial charge in [-0.2, -0.15) is 0 Å². The van der Waals surface area contributed by atoms with E-state index in [-0.39, 0.29) is 6.04 Å². The van der Waals surface area contributed by atoms with Crippen molar-refractivity contribution in [3.8, 4) is 0 Å². The lowest BCUT2D eigenvalue weighted by Gasteiger charge is -2.26. The van der Waals surface area contributed by atoms with E-state index in [2.05, 4.69) is 44.0 Å². The maximum atomic E-state index is 5.86. The molecule has 2 N–H and O–H groups in total. The lowest BCUT2D eigenvalue weighted by atomic mass is 10.0. The molecule has 1 saturated heterocycles. The Morgan fingerprint density at radius 2 is 2.28 bits per heavy atom. The van der Waals surface area contributed by atoms with Gasteiger partial charge in [-0.3, -0.25) is 0 Å². The normalized spacial score (nSPS) is 21.0. The molecule has 1 aliphatic rings. The van der Waals surface area contributed by atoms with Crippen molar-refractivity contribution in [1.29, 1.82) is 0 Å². The Bertz CT molecular complexity index is 397. The number of ether oxygens (including phenoxy) is 1. The molecule has 0 bridgehead atoms. The Kier molecular flexibility index (Phi) is 4.25. The molecule has 1 aromatic rings. The molecule has 0 spiro atoms. The number of likely N-dealkylation sites (N-methyl/N-ethyl adjacent to an activating group) is 1. The molecule has 0 amide bonds. The zero-order chi connectivity index (χ0) is 13.1. The lowest BCUT2D eigenvalue weighted by molar-refractivity contribution is 0.193. The highest BCUT2D eigenvalue weighted by Crippen LogP contribution is 2.23. The molecule has 0 aromatic heterocycles. The molecule has 2 atom stereocenters. The smallest absolute Gasteiger partial charge is 0.0670 e. The summed E-state index contributed by atoms with van der Waals surface area (Å²) in [6.45, 7) is 5.95. The number of aryl methyl sites for hydroxylation is 1. The summed E-state index contributed by atoms with van der Waals surface area (Å²) in [5.74, 6) is 0. The Labute approximate surface area is 110 Å². The molecule has 0 saturated carbocycles. The van der Waals surface area contributed by atoms with E-state index < -0.39 is 0 Å². The third-order valence-corrected chi connectivity index (χ3v) is 3.73. The zero-order valence-corrected chi connectivity index (χ0v) is 11.6. The first kappa shape index (κ1) is 13.4. The van der Waals surface area contributed by atoms with Crippen molar-refractivity contribution in [2.45, 2.75) is 38.8 Å². The van der Waals surface area contributed by atoms with Gasteiger partial charge in [-0.25, -0.2) is 0 Å². The highest BCUT2D eigenvalue weighted by molar-refractivity contribution is 5.51. The zero-order valence-electron chi connectivity index (χ0n) is 11.6. The second-order valence-electron chi connectivity index (χ2n) is 5.42. The second-order valence-corrected chi connectivity index (χ2v) is 5.42. The van der Waals surface area contributed by atoms with Crippen molar-refractivity contribution in [3.05, 3.63) is 29.3 Å². The lowest BCUT2D eigenvalue weighted by Crippen LogP contribution is -2.31. The van der Waals surface area contributed by atoms with Crippen LogP contribution in [0.5, 0.6) is 0 Å². The summed E-state index contributed by atoms with van der Waals surface area (Å²) in [5, 5.41) is 0. The summed E-state index contributed by atoms with van der Waals surface area (Å²) < 4.78 is 5.45. The molecule has 1 heterocycles. The molecule has 2 unspecified atom stereocenters. The van der Waals surface area contributed by atoms with Gasteiger partial charge in [-0.15, -0.1) is 0 Å². The molecule has 0 aliphatic carbocycles. The van der Waals surface area contributed by atoms with Crippen molar-refractivity contribution >= 4 is 5.69 Å². The number of benzene rings is 1. The van der Waals surface area contributed by atoms with Gasteiger partial charge in [0.05, 0.1) is 12.6 Å². The third kappa shape index (κ3) is 3.03. The second kappa shape index (κ2) is 5.72. The quantitative estimate of drug-likeness (QED) is 0.887. The SMILES string of the molecule is Cc1cc(N(C)C2CCOC2)ccc1CC(C)N. The van der Waals surface area contributed by atoms with Crippen molar-refractivity contribution in [3.63, 3.8) is 0 Å². The number of hydrogen-bond acceptors (Lipinski definition) is 3. The predicted molar refractivity (Wildman–Crippen MR) is 76.2 cm³/mol. The van der Waals surface area contributed by atoms with Crippen LogP contribution >= 0.6 is 0 Å². The maximum absolute atomic E-state index is 5.86. The predicted octanol–water partition coefficient (Wildman–Crippen LogP) is 2.11. The van der Waals surface area contributed by atoms with Crippen LogP contribution in [0, 0.1) is 6.92 Å². The molecular weight excluding hydrogens is 224 g/mol. The molecule has 3 heteroatoms. The largest absolute Gasteiger partial charge is 0.379 e. The van der Waals surface area contributed by atoms with Gasteiger partial charge in [0, 0.05) is 25.4 Å². The van der Waals surface area contributed by atoms with E-state index >= 15 is 0 Å². The maximum Gasteiger partial charge on any atom is 0.0670 e.